The van der Waals surface area contributed by atoms with Crippen molar-refractivity contribution in [3.05, 3.63) is 0 Å². The summed E-state index contributed by atoms with van der Waals surface area (Å²) in [5, 5.41) is 2.70. The summed E-state index contributed by atoms with van der Waals surface area (Å²) >= 11 is 0. The molecule has 0 bridgehead atoms. The van der Waals surface area contributed by atoms with Crippen LogP contribution in [-0.4, -0.2) is 50.1 Å². The summed E-state index contributed by atoms with van der Waals surface area (Å²) in [5.41, 5.74) is 0. The van der Waals surface area contributed by atoms with E-state index in [0.29, 0.717) is 26.1 Å². The summed E-state index contributed by atoms with van der Waals surface area (Å²) in [6, 6.07) is 0. The van der Waals surface area contributed by atoms with Gasteiger partial charge in [0.05, 0.1) is 0 Å². The van der Waals surface area contributed by atoms with Crippen LogP contribution in [0.5, 0.6) is 0 Å². The van der Waals surface area contributed by atoms with Crippen molar-refractivity contribution < 1.29 is 14.3 Å². The molecule has 5 nitrogen and oxygen atoms in total. The van der Waals surface area contributed by atoms with E-state index in [1.807, 2.05) is 0 Å². The van der Waals surface area contributed by atoms with Crippen molar-refractivity contribution in [3.8, 4) is 0 Å². The normalized spacial score (nSPS) is 17.9. The zero-order valence-corrected chi connectivity index (χ0v) is 7.71. The van der Waals surface area contributed by atoms with E-state index >= 15 is 0 Å². The average Bonchev–Trinajstić information content (AvgIpc) is 2.30. The number of nitrogens with one attached hydrogen (secondary N) is 1. The van der Waals surface area contributed by atoms with E-state index in [4.69, 9.17) is 4.74 Å². The van der Waals surface area contributed by atoms with Gasteiger partial charge in [-0.05, 0) is 0 Å². The number of methoxy groups -OCH3 is 1. The molecule has 0 saturated carbocycles. The summed E-state index contributed by atoms with van der Waals surface area (Å²) < 4.78 is 4.73. The van der Waals surface area contributed by atoms with Crippen molar-refractivity contribution in [1.82, 2.24) is 10.2 Å². The minimum atomic E-state index is -0.0565. The third-order valence-corrected chi connectivity index (χ3v) is 1.93. The highest BCUT2D eigenvalue weighted by Crippen LogP contribution is 1.97. The van der Waals surface area contributed by atoms with E-state index in [0.717, 1.165) is 0 Å². The van der Waals surface area contributed by atoms with Gasteiger partial charge in [-0.1, -0.05) is 0 Å². The Morgan fingerprint density at radius 3 is 3.08 bits per heavy atom. The highest BCUT2D eigenvalue weighted by atomic mass is 16.5. The van der Waals surface area contributed by atoms with Crippen LogP contribution < -0.4 is 5.32 Å². The van der Waals surface area contributed by atoms with Gasteiger partial charge in [0, 0.05) is 33.2 Å². The SMILES string of the molecule is COCC(=O)N1CCNC(=O)CC1. The van der Waals surface area contributed by atoms with Gasteiger partial charge in [-0.2, -0.15) is 0 Å². The first-order chi connectivity index (χ1) is 6.24. The second kappa shape index (κ2) is 4.81. The van der Waals surface area contributed by atoms with Gasteiger partial charge in [-0.3, -0.25) is 9.59 Å². The van der Waals surface area contributed by atoms with E-state index in [2.05, 4.69) is 5.32 Å². The quantitative estimate of drug-likeness (QED) is 0.600. The average molecular weight is 186 g/mol. The van der Waals surface area contributed by atoms with Crippen molar-refractivity contribution in [3.63, 3.8) is 0 Å². The molecule has 1 fully saturated rings. The van der Waals surface area contributed by atoms with Crippen molar-refractivity contribution in [2.75, 3.05) is 33.4 Å². The third-order valence-electron chi connectivity index (χ3n) is 1.93. The second-order valence-corrected chi connectivity index (χ2v) is 2.91. The molecule has 1 aliphatic rings. The maximum absolute atomic E-state index is 11.3. The smallest absolute Gasteiger partial charge is 0.248 e. The van der Waals surface area contributed by atoms with E-state index in [1.54, 1.807) is 4.90 Å². The van der Waals surface area contributed by atoms with Gasteiger partial charge >= 0.3 is 0 Å². The highest BCUT2D eigenvalue weighted by Gasteiger charge is 2.17. The Labute approximate surface area is 77.0 Å². The van der Waals surface area contributed by atoms with Crippen LogP contribution >= 0.6 is 0 Å². The number of hydrogen-bond acceptors (Lipinski definition) is 3. The molecule has 1 heterocycles. The molecule has 1 rings (SSSR count). The van der Waals surface area contributed by atoms with Crippen LogP contribution in [0.15, 0.2) is 0 Å². The summed E-state index contributed by atoms with van der Waals surface area (Å²) in [5.74, 6) is -0.0493. The fraction of sp³-hybridized carbons (Fsp3) is 0.750. The molecule has 0 aromatic heterocycles. The third kappa shape index (κ3) is 3.02. The Hall–Kier alpha value is -1.10. The van der Waals surface area contributed by atoms with Gasteiger partial charge in [0.2, 0.25) is 11.8 Å². The van der Waals surface area contributed by atoms with Gasteiger partial charge in [0.15, 0.2) is 0 Å². The fourth-order valence-electron chi connectivity index (χ4n) is 1.23. The van der Waals surface area contributed by atoms with E-state index in [-0.39, 0.29) is 18.4 Å². The van der Waals surface area contributed by atoms with E-state index in [1.165, 1.54) is 7.11 Å². The minimum absolute atomic E-state index is 0.00715. The van der Waals surface area contributed by atoms with Crippen LogP contribution in [0.25, 0.3) is 0 Å². The van der Waals surface area contributed by atoms with Crippen molar-refractivity contribution in [2.45, 2.75) is 6.42 Å². The lowest BCUT2D eigenvalue weighted by molar-refractivity contribution is -0.134. The molecule has 0 aromatic rings. The standard InChI is InChI=1S/C8H14N2O3/c1-13-6-8(12)10-4-2-7(11)9-3-5-10/h2-6H2,1H3,(H,9,11). The van der Waals surface area contributed by atoms with Crippen LogP contribution in [0.2, 0.25) is 0 Å². The molecule has 1 saturated heterocycles. The predicted octanol–water partition coefficient (Wildman–Crippen LogP) is -1.02. The molecular weight excluding hydrogens is 172 g/mol. The van der Waals surface area contributed by atoms with Crippen molar-refractivity contribution >= 4 is 11.8 Å². The molecule has 0 aromatic carbocycles. The molecule has 0 atom stereocenters. The number of carbonyl (C=O) groups is 2. The summed E-state index contributed by atoms with van der Waals surface area (Å²) in [7, 11) is 1.49. The Bertz CT molecular complexity index is 206. The molecule has 0 radical (unpaired) electrons. The largest absolute Gasteiger partial charge is 0.375 e. The van der Waals surface area contributed by atoms with Gasteiger partial charge in [0.1, 0.15) is 6.61 Å². The number of carbonyl (C=O) groups excluding carboxylic acids is 2. The number of ether oxygens (including phenoxy) is 1. The first-order valence-electron chi connectivity index (χ1n) is 4.27. The molecule has 5 heteroatoms. The second-order valence-electron chi connectivity index (χ2n) is 2.91. The van der Waals surface area contributed by atoms with Crippen molar-refractivity contribution in [2.24, 2.45) is 0 Å². The monoisotopic (exact) mass is 186 g/mol. The maximum atomic E-state index is 11.3. The first-order valence-corrected chi connectivity index (χ1v) is 4.27. The lowest BCUT2D eigenvalue weighted by Gasteiger charge is -2.18. The van der Waals surface area contributed by atoms with Crippen LogP contribution in [0.4, 0.5) is 0 Å². The molecular formula is C8H14N2O3. The molecule has 13 heavy (non-hydrogen) atoms. The zero-order valence-electron chi connectivity index (χ0n) is 7.71. The highest BCUT2D eigenvalue weighted by molar-refractivity contribution is 5.80. The molecule has 74 valence electrons. The first kappa shape index (κ1) is 9.98. The zero-order chi connectivity index (χ0) is 9.68. The predicted molar refractivity (Wildman–Crippen MR) is 46.1 cm³/mol. The number of hydrogen-bond donors (Lipinski definition) is 1. The molecule has 2 amide bonds. The Balaban J connectivity index is 2.41. The topological polar surface area (TPSA) is 58.6 Å². The molecule has 0 unspecified atom stereocenters. The van der Waals surface area contributed by atoms with Crippen molar-refractivity contribution in [1.29, 1.82) is 0 Å². The van der Waals surface area contributed by atoms with Gasteiger partial charge in [0.25, 0.3) is 0 Å². The van der Waals surface area contributed by atoms with E-state index < -0.39 is 0 Å². The van der Waals surface area contributed by atoms with Crippen LogP contribution in [0.1, 0.15) is 6.42 Å². The Morgan fingerprint density at radius 1 is 1.62 bits per heavy atom. The molecule has 1 N–H and O–H groups in total. The summed E-state index contributed by atoms with van der Waals surface area (Å²) in [4.78, 5) is 23.9. The van der Waals surface area contributed by atoms with Crippen LogP contribution in [0, 0.1) is 0 Å². The number of amides is 2. The molecule has 0 aliphatic carbocycles. The van der Waals surface area contributed by atoms with Gasteiger partial charge in [-0.25, -0.2) is 0 Å². The Kier molecular flexibility index (Phi) is 3.70. The molecule has 1 aliphatic heterocycles. The van der Waals surface area contributed by atoms with Gasteiger partial charge < -0.3 is 15.0 Å². The van der Waals surface area contributed by atoms with E-state index in [9.17, 15) is 9.59 Å². The fourth-order valence-corrected chi connectivity index (χ4v) is 1.23. The van der Waals surface area contributed by atoms with Gasteiger partial charge in [-0.15, -0.1) is 0 Å². The molecule has 0 spiro atoms. The number of rotatable bonds is 2. The van der Waals surface area contributed by atoms with Crippen LogP contribution in [0.3, 0.4) is 0 Å². The summed E-state index contributed by atoms with van der Waals surface area (Å²) in [6.07, 6.45) is 0.384. The maximum Gasteiger partial charge on any atom is 0.248 e. The lowest BCUT2D eigenvalue weighted by Crippen LogP contribution is -2.36. The number of nitrogens with zero attached hydrogens (tertiary/aromatic N) is 1. The van der Waals surface area contributed by atoms with Crippen LogP contribution in [-0.2, 0) is 14.3 Å². The minimum Gasteiger partial charge on any atom is -0.375 e. The summed E-state index contributed by atoms with van der Waals surface area (Å²) in [6.45, 7) is 1.70. The Morgan fingerprint density at radius 2 is 2.38 bits per heavy atom. The lowest BCUT2D eigenvalue weighted by atomic mass is 10.4.